The monoisotopic (exact) mass is 280 g/mol. The van der Waals surface area contributed by atoms with Crippen molar-refractivity contribution < 1.29 is 14.4 Å². The second kappa shape index (κ2) is 5.20. The molecule has 0 bridgehead atoms. The molecule has 5 nitrogen and oxygen atoms in total. The molecule has 3 amide bonds. The normalized spacial score (nSPS) is 13.8. The van der Waals surface area contributed by atoms with Gasteiger partial charge in [0.2, 0.25) is 0 Å². The molecule has 104 valence electrons. The van der Waals surface area contributed by atoms with Crippen LogP contribution in [0.1, 0.15) is 20.7 Å². The standard InChI is InChI=1S/C16H12N2O3/c19-14-11-17(15(20)12-7-3-1-4-8-12)18(14)16(21)13-9-5-2-6-10-13/h1-10H,11H2. The maximum absolute atomic E-state index is 12.3. The Hall–Kier alpha value is -2.95. The first-order valence-electron chi connectivity index (χ1n) is 6.47. The third-order valence-electron chi connectivity index (χ3n) is 3.23. The van der Waals surface area contributed by atoms with Crippen LogP contribution in [0.3, 0.4) is 0 Å². The van der Waals surface area contributed by atoms with Gasteiger partial charge in [-0.05, 0) is 24.3 Å². The number of carbonyl (C=O) groups is 3. The summed E-state index contributed by atoms with van der Waals surface area (Å²) in [5.74, 6) is -1.23. The van der Waals surface area contributed by atoms with E-state index in [1.54, 1.807) is 60.7 Å². The maximum Gasteiger partial charge on any atom is 0.279 e. The SMILES string of the molecule is O=C(c1ccccc1)N1CC(=O)N1C(=O)c1ccccc1. The zero-order valence-electron chi connectivity index (χ0n) is 11.1. The third-order valence-corrected chi connectivity index (χ3v) is 3.23. The Balaban J connectivity index is 1.84. The second-order valence-corrected chi connectivity index (χ2v) is 4.61. The highest BCUT2D eigenvalue weighted by molar-refractivity contribution is 6.12. The highest BCUT2D eigenvalue weighted by Gasteiger charge is 2.42. The van der Waals surface area contributed by atoms with E-state index in [0.717, 1.165) is 10.0 Å². The Morgan fingerprint density at radius 2 is 1.24 bits per heavy atom. The van der Waals surface area contributed by atoms with Crippen molar-refractivity contribution in [1.29, 1.82) is 0 Å². The molecule has 0 saturated carbocycles. The van der Waals surface area contributed by atoms with Crippen molar-refractivity contribution in [2.45, 2.75) is 0 Å². The lowest BCUT2D eigenvalue weighted by molar-refractivity contribution is -0.158. The van der Waals surface area contributed by atoms with Gasteiger partial charge in [-0.15, -0.1) is 0 Å². The molecular formula is C16H12N2O3. The molecule has 0 spiro atoms. The molecule has 1 fully saturated rings. The molecule has 1 heterocycles. The predicted molar refractivity (Wildman–Crippen MR) is 75.1 cm³/mol. The van der Waals surface area contributed by atoms with E-state index in [4.69, 9.17) is 0 Å². The van der Waals surface area contributed by atoms with E-state index in [0.29, 0.717) is 11.1 Å². The molecule has 2 aromatic carbocycles. The smallest absolute Gasteiger partial charge is 0.270 e. The molecule has 0 N–H and O–H groups in total. The van der Waals surface area contributed by atoms with Crippen LogP contribution in [-0.4, -0.2) is 34.3 Å². The van der Waals surface area contributed by atoms with Crippen LogP contribution in [0.15, 0.2) is 60.7 Å². The summed E-state index contributed by atoms with van der Waals surface area (Å²) in [6.45, 7) is -0.0771. The molecule has 0 aromatic heterocycles. The molecule has 0 aliphatic carbocycles. The molecule has 0 radical (unpaired) electrons. The molecule has 1 aliphatic rings. The van der Waals surface area contributed by atoms with E-state index in [9.17, 15) is 14.4 Å². The van der Waals surface area contributed by atoms with Gasteiger partial charge in [-0.25, -0.2) is 5.01 Å². The lowest BCUT2D eigenvalue weighted by atomic mass is 10.1. The number of hydrogen-bond donors (Lipinski definition) is 0. The minimum atomic E-state index is -0.490. The Labute approximate surface area is 121 Å². The minimum absolute atomic E-state index is 0.0771. The number of amides is 3. The summed E-state index contributed by atoms with van der Waals surface area (Å²) in [5.41, 5.74) is 0.812. The summed E-state index contributed by atoms with van der Waals surface area (Å²) in [7, 11) is 0. The van der Waals surface area contributed by atoms with Gasteiger partial charge in [-0.1, -0.05) is 36.4 Å². The van der Waals surface area contributed by atoms with Gasteiger partial charge in [-0.2, -0.15) is 5.01 Å². The number of carbonyl (C=O) groups excluding carboxylic acids is 3. The molecule has 0 atom stereocenters. The van der Waals surface area contributed by atoms with E-state index in [2.05, 4.69) is 0 Å². The Morgan fingerprint density at radius 3 is 1.71 bits per heavy atom. The van der Waals surface area contributed by atoms with E-state index in [1.165, 1.54) is 0 Å². The maximum atomic E-state index is 12.3. The highest BCUT2D eigenvalue weighted by Crippen LogP contribution is 2.19. The van der Waals surface area contributed by atoms with Crippen molar-refractivity contribution in [2.24, 2.45) is 0 Å². The Kier molecular flexibility index (Phi) is 3.23. The molecule has 5 heteroatoms. The van der Waals surface area contributed by atoms with Gasteiger partial charge in [0.1, 0.15) is 6.54 Å². The number of rotatable bonds is 2. The molecular weight excluding hydrogens is 268 g/mol. The minimum Gasteiger partial charge on any atom is -0.270 e. The molecule has 3 rings (SSSR count). The average Bonchev–Trinajstić information content (AvgIpc) is 2.53. The van der Waals surface area contributed by atoms with Gasteiger partial charge in [0.15, 0.2) is 0 Å². The van der Waals surface area contributed by atoms with Gasteiger partial charge in [0.05, 0.1) is 0 Å². The fourth-order valence-electron chi connectivity index (χ4n) is 2.14. The van der Waals surface area contributed by atoms with Crippen molar-refractivity contribution in [2.75, 3.05) is 6.54 Å². The number of nitrogens with zero attached hydrogens (tertiary/aromatic N) is 2. The second-order valence-electron chi connectivity index (χ2n) is 4.61. The van der Waals surface area contributed by atoms with Gasteiger partial charge in [-0.3, -0.25) is 14.4 Å². The van der Waals surface area contributed by atoms with E-state index in [-0.39, 0.29) is 18.4 Å². The molecule has 2 aromatic rings. The van der Waals surface area contributed by atoms with Gasteiger partial charge >= 0.3 is 0 Å². The number of hydrazine groups is 1. The van der Waals surface area contributed by atoms with Crippen LogP contribution in [0.2, 0.25) is 0 Å². The van der Waals surface area contributed by atoms with Gasteiger partial charge < -0.3 is 0 Å². The largest absolute Gasteiger partial charge is 0.279 e. The highest BCUT2D eigenvalue weighted by atomic mass is 16.2. The molecule has 21 heavy (non-hydrogen) atoms. The molecule has 1 saturated heterocycles. The summed E-state index contributed by atoms with van der Waals surface area (Å²) in [4.78, 5) is 36.3. The van der Waals surface area contributed by atoms with Crippen LogP contribution in [0, 0.1) is 0 Å². The Bertz CT molecular complexity index is 698. The van der Waals surface area contributed by atoms with Crippen LogP contribution in [0.5, 0.6) is 0 Å². The first kappa shape index (κ1) is 13.1. The Morgan fingerprint density at radius 1 is 0.762 bits per heavy atom. The summed E-state index contributed by atoms with van der Waals surface area (Å²) in [6, 6.07) is 17.0. The van der Waals surface area contributed by atoms with Gasteiger partial charge in [0.25, 0.3) is 17.7 Å². The van der Waals surface area contributed by atoms with Crippen LogP contribution in [0.25, 0.3) is 0 Å². The van der Waals surface area contributed by atoms with Crippen LogP contribution >= 0.6 is 0 Å². The average molecular weight is 280 g/mol. The lowest BCUT2D eigenvalue weighted by Crippen LogP contribution is -2.65. The summed E-state index contributed by atoms with van der Waals surface area (Å²) in [5, 5.41) is 2.05. The van der Waals surface area contributed by atoms with Crippen molar-refractivity contribution in [1.82, 2.24) is 10.0 Å². The van der Waals surface area contributed by atoms with E-state index in [1.807, 2.05) is 0 Å². The van der Waals surface area contributed by atoms with Crippen molar-refractivity contribution in [3.63, 3.8) is 0 Å². The molecule has 1 aliphatic heterocycles. The summed E-state index contributed by atoms with van der Waals surface area (Å²) < 4.78 is 0. The van der Waals surface area contributed by atoms with E-state index < -0.39 is 5.91 Å². The fourth-order valence-corrected chi connectivity index (χ4v) is 2.14. The molecule has 0 unspecified atom stereocenters. The summed E-state index contributed by atoms with van der Waals surface area (Å²) in [6.07, 6.45) is 0. The van der Waals surface area contributed by atoms with Crippen molar-refractivity contribution in [3.8, 4) is 0 Å². The van der Waals surface area contributed by atoms with Crippen molar-refractivity contribution in [3.05, 3.63) is 71.8 Å². The summed E-state index contributed by atoms with van der Waals surface area (Å²) >= 11 is 0. The zero-order valence-corrected chi connectivity index (χ0v) is 11.1. The fraction of sp³-hybridized carbons (Fsp3) is 0.0625. The zero-order chi connectivity index (χ0) is 14.8. The van der Waals surface area contributed by atoms with E-state index >= 15 is 0 Å². The quantitative estimate of drug-likeness (QED) is 0.787. The topological polar surface area (TPSA) is 57.7 Å². The van der Waals surface area contributed by atoms with Crippen molar-refractivity contribution >= 4 is 17.7 Å². The number of imide groups is 1. The lowest BCUT2D eigenvalue weighted by Gasteiger charge is -2.41. The number of hydrogen-bond acceptors (Lipinski definition) is 3. The van der Waals surface area contributed by atoms with Crippen LogP contribution in [-0.2, 0) is 4.79 Å². The first-order chi connectivity index (χ1) is 10.2. The van der Waals surface area contributed by atoms with Gasteiger partial charge in [0, 0.05) is 11.1 Å². The van der Waals surface area contributed by atoms with Crippen LogP contribution in [0.4, 0.5) is 0 Å². The first-order valence-corrected chi connectivity index (χ1v) is 6.47. The number of benzene rings is 2. The van der Waals surface area contributed by atoms with Crippen LogP contribution < -0.4 is 0 Å². The predicted octanol–water partition coefficient (Wildman–Crippen LogP) is 1.73. The third kappa shape index (κ3) is 2.29.